The lowest BCUT2D eigenvalue weighted by atomic mass is 10.1. The number of likely N-dealkylation sites (N-methyl/N-ethyl adjacent to an activating group) is 1. The molecule has 0 aliphatic rings. The molecule has 0 saturated carbocycles. The van der Waals surface area contributed by atoms with Gasteiger partial charge in [0.25, 0.3) is 0 Å². The van der Waals surface area contributed by atoms with Crippen molar-refractivity contribution in [2.24, 2.45) is 0 Å². The van der Waals surface area contributed by atoms with Crippen LogP contribution in [0.5, 0.6) is 0 Å². The van der Waals surface area contributed by atoms with Gasteiger partial charge in [-0.1, -0.05) is 15.9 Å². The van der Waals surface area contributed by atoms with Crippen molar-refractivity contribution in [2.45, 2.75) is 31.2 Å². The fourth-order valence-corrected chi connectivity index (χ4v) is 3.16. The molecule has 0 heterocycles. The van der Waals surface area contributed by atoms with Gasteiger partial charge in [0.05, 0.1) is 18.0 Å². The summed E-state index contributed by atoms with van der Waals surface area (Å²) in [4.78, 5) is 23.6. The number of carbonyl (C=O) groups is 2. The van der Waals surface area contributed by atoms with Gasteiger partial charge in [-0.3, -0.25) is 9.59 Å². The van der Waals surface area contributed by atoms with Crippen LogP contribution >= 0.6 is 15.9 Å². The van der Waals surface area contributed by atoms with Gasteiger partial charge in [-0.25, -0.2) is 8.42 Å². The molecule has 1 rings (SSSR count). The number of nitrogens with zero attached hydrogens (tertiary/aromatic N) is 1. The normalized spacial score (nSPS) is 12.1. The Bertz CT molecular complexity index is 696. The fraction of sp³-hybridized carbons (Fsp3) is 0.467. The van der Waals surface area contributed by atoms with E-state index in [2.05, 4.69) is 26.6 Å². The number of hydrogen-bond acceptors (Lipinski definition) is 4. The predicted molar refractivity (Wildman–Crippen MR) is 94.9 cm³/mol. The molecule has 0 unspecified atom stereocenters. The highest BCUT2D eigenvalue weighted by molar-refractivity contribution is 9.10. The first-order valence-corrected chi connectivity index (χ1v) is 9.45. The van der Waals surface area contributed by atoms with Crippen molar-refractivity contribution in [3.8, 4) is 0 Å². The zero-order valence-corrected chi connectivity index (χ0v) is 16.5. The van der Waals surface area contributed by atoms with E-state index in [4.69, 9.17) is 0 Å². The van der Waals surface area contributed by atoms with Crippen LogP contribution in [-0.4, -0.2) is 50.2 Å². The van der Waals surface area contributed by atoms with Crippen LogP contribution in [0.3, 0.4) is 0 Å². The second kappa shape index (κ2) is 8.09. The molecule has 7 nitrogen and oxygen atoms in total. The standard InChI is InChI=1S/C15H22BrN3O4S/c1-15(2,3)18-13(20)9-17-14(21)10-19(4)24(22,23)12-7-5-11(16)6-8-12/h5-8H,9-10H2,1-4H3,(H,17,21)(H,18,20). The van der Waals surface area contributed by atoms with E-state index in [9.17, 15) is 18.0 Å². The van der Waals surface area contributed by atoms with E-state index in [-0.39, 0.29) is 23.9 Å². The number of carbonyl (C=O) groups excluding carboxylic acids is 2. The summed E-state index contributed by atoms with van der Waals surface area (Å²) in [6, 6.07) is 6.12. The number of sulfonamides is 1. The topological polar surface area (TPSA) is 95.6 Å². The Morgan fingerprint density at radius 3 is 2.17 bits per heavy atom. The first kappa shape index (κ1) is 20.6. The Morgan fingerprint density at radius 1 is 1.12 bits per heavy atom. The lowest BCUT2D eigenvalue weighted by molar-refractivity contribution is -0.126. The first-order valence-electron chi connectivity index (χ1n) is 7.21. The highest BCUT2D eigenvalue weighted by Crippen LogP contribution is 2.17. The minimum absolute atomic E-state index is 0.0893. The van der Waals surface area contributed by atoms with Crippen LogP contribution in [0.4, 0.5) is 0 Å². The lowest BCUT2D eigenvalue weighted by Gasteiger charge is -2.21. The second-order valence-corrected chi connectivity index (χ2v) is 9.25. The van der Waals surface area contributed by atoms with Gasteiger partial charge in [0.2, 0.25) is 21.8 Å². The molecule has 0 aliphatic carbocycles. The Labute approximate surface area is 151 Å². The van der Waals surface area contributed by atoms with Crippen LogP contribution in [0.1, 0.15) is 20.8 Å². The molecule has 9 heteroatoms. The Morgan fingerprint density at radius 2 is 1.67 bits per heavy atom. The predicted octanol–water partition coefficient (Wildman–Crippen LogP) is 1.10. The van der Waals surface area contributed by atoms with E-state index in [0.717, 1.165) is 8.78 Å². The van der Waals surface area contributed by atoms with Crippen LogP contribution in [-0.2, 0) is 19.6 Å². The molecule has 0 aromatic heterocycles. The van der Waals surface area contributed by atoms with E-state index in [1.165, 1.54) is 19.2 Å². The smallest absolute Gasteiger partial charge is 0.243 e. The fourth-order valence-electron chi connectivity index (χ4n) is 1.77. The quantitative estimate of drug-likeness (QED) is 0.721. The van der Waals surface area contributed by atoms with Crippen molar-refractivity contribution in [1.29, 1.82) is 0 Å². The number of halogens is 1. The summed E-state index contributed by atoms with van der Waals surface area (Å²) in [5.41, 5.74) is -0.399. The summed E-state index contributed by atoms with van der Waals surface area (Å²) in [6.45, 7) is 4.89. The van der Waals surface area contributed by atoms with Crippen molar-refractivity contribution < 1.29 is 18.0 Å². The third-order valence-corrected chi connectivity index (χ3v) is 5.19. The monoisotopic (exact) mass is 419 g/mol. The zero-order valence-electron chi connectivity index (χ0n) is 14.1. The van der Waals surface area contributed by atoms with E-state index < -0.39 is 21.5 Å². The van der Waals surface area contributed by atoms with Gasteiger partial charge in [0.1, 0.15) is 0 Å². The van der Waals surface area contributed by atoms with Crippen molar-refractivity contribution in [3.05, 3.63) is 28.7 Å². The van der Waals surface area contributed by atoms with Crippen molar-refractivity contribution in [1.82, 2.24) is 14.9 Å². The molecule has 0 bridgehead atoms. The van der Waals surface area contributed by atoms with Gasteiger partial charge >= 0.3 is 0 Å². The molecule has 0 radical (unpaired) electrons. The number of rotatable bonds is 6. The molecule has 0 atom stereocenters. The molecular formula is C15H22BrN3O4S. The summed E-state index contributed by atoms with van der Waals surface area (Å²) < 4.78 is 26.4. The third kappa shape index (κ3) is 6.58. The SMILES string of the molecule is CN(CC(=O)NCC(=O)NC(C)(C)C)S(=O)(=O)c1ccc(Br)cc1. The summed E-state index contributed by atoms with van der Waals surface area (Å²) in [6.07, 6.45) is 0. The number of benzene rings is 1. The van der Waals surface area contributed by atoms with Crippen LogP contribution < -0.4 is 10.6 Å². The average Bonchev–Trinajstić information content (AvgIpc) is 2.43. The van der Waals surface area contributed by atoms with Crippen LogP contribution in [0, 0.1) is 0 Å². The molecule has 2 amide bonds. The largest absolute Gasteiger partial charge is 0.350 e. The molecule has 0 saturated heterocycles. The van der Waals surface area contributed by atoms with Crippen molar-refractivity contribution >= 4 is 37.8 Å². The zero-order chi connectivity index (χ0) is 18.5. The van der Waals surface area contributed by atoms with Gasteiger partial charge in [-0.2, -0.15) is 4.31 Å². The van der Waals surface area contributed by atoms with Gasteiger partial charge in [0.15, 0.2) is 0 Å². The van der Waals surface area contributed by atoms with Gasteiger partial charge in [0, 0.05) is 17.1 Å². The van der Waals surface area contributed by atoms with Crippen molar-refractivity contribution in [3.63, 3.8) is 0 Å². The van der Waals surface area contributed by atoms with Crippen LogP contribution in [0.25, 0.3) is 0 Å². The highest BCUT2D eigenvalue weighted by Gasteiger charge is 2.23. The molecule has 0 aliphatic heterocycles. The molecule has 1 aromatic rings. The van der Waals surface area contributed by atoms with E-state index >= 15 is 0 Å². The molecule has 0 spiro atoms. The third-order valence-electron chi connectivity index (χ3n) is 2.85. The average molecular weight is 420 g/mol. The lowest BCUT2D eigenvalue weighted by Crippen LogP contribution is -2.47. The maximum atomic E-state index is 12.4. The minimum Gasteiger partial charge on any atom is -0.350 e. The Hall–Kier alpha value is -1.45. The number of nitrogens with one attached hydrogen (secondary N) is 2. The summed E-state index contributed by atoms with van der Waals surface area (Å²) in [7, 11) is -2.46. The van der Waals surface area contributed by atoms with Crippen molar-refractivity contribution in [2.75, 3.05) is 20.1 Å². The van der Waals surface area contributed by atoms with Crippen LogP contribution in [0.15, 0.2) is 33.6 Å². The molecule has 2 N–H and O–H groups in total. The second-order valence-electron chi connectivity index (χ2n) is 6.29. The van der Waals surface area contributed by atoms with E-state index in [1.54, 1.807) is 12.1 Å². The number of hydrogen-bond donors (Lipinski definition) is 2. The molecule has 0 fully saturated rings. The van der Waals surface area contributed by atoms with Gasteiger partial charge in [-0.05, 0) is 45.0 Å². The Kier molecular flexibility index (Phi) is 6.94. The molecule has 134 valence electrons. The number of amides is 2. The van der Waals surface area contributed by atoms with Crippen LogP contribution in [0.2, 0.25) is 0 Å². The summed E-state index contributed by atoms with van der Waals surface area (Å²) >= 11 is 3.23. The highest BCUT2D eigenvalue weighted by atomic mass is 79.9. The summed E-state index contributed by atoms with van der Waals surface area (Å²) in [5.74, 6) is -0.892. The maximum Gasteiger partial charge on any atom is 0.243 e. The Balaban J connectivity index is 2.60. The van der Waals surface area contributed by atoms with Gasteiger partial charge < -0.3 is 10.6 Å². The molecule has 1 aromatic carbocycles. The maximum absolute atomic E-state index is 12.4. The summed E-state index contributed by atoms with van der Waals surface area (Å²) in [5, 5.41) is 5.10. The minimum atomic E-state index is -3.77. The molecular weight excluding hydrogens is 398 g/mol. The van der Waals surface area contributed by atoms with E-state index in [1.807, 2.05) is 20.8 Å². The first-order chi connectivity index (χ1) is 10.9. The molecule has 24 heavy (non-hydrogen) atoms. The van der Waals surface area contributed by atoms with Gasteiger partial charge in [-0.15, -0.1) is 0 Å². The van der Waals surface area contributed by atoms with E-state index in [0.29, 0.717) is 0 Å².